The number of anilines is 1. The Morgan fingerprint density at radius 2 is 1.85 bits per heavy atom. The molecule has 5 rings (SSSR count). The summed E-state index contributed by atoms with van der Waals surface area (Å²) in [6.07, 6.45) is 5.55. The van der Waals surface area contributed by atoms with Gasteiger partial charge in [0.2, 0.25) is 0 Å². The van der Waals surface area contributed by atoms with E-state index in [1.54, 1.807) is 6.20 Å². The van der Waals surface area contributed by atoms with Crippen LogP contribution in [0.4, 0.5) is 5.69 Å². The Kier molecular flexibility index (Phi) is 5.87. The van der Waals surface area contributed by atoms with E-state index in [-0.39, 0.29) is 12.1 Å². The van der Waals surface area contributed by atoms with Crippen molar-refractivity contribution in [2.45, 2.75) is 32.5 Å². The summed E-state index contributed by atoms with van der Waals surface area (Å²) in [6.45, 7) is 5.09. The van der Waals surface area contributed by atoms with Gasteiger partial charge in [0.15, 0.2) is 5.11 Å². The first-order chi connectivity index (χ1) is 16.0. The van der Waals surface area contributed by atoms with Crippen LogP contribution in [-0.4, -0.2) is 19.6 Å². The van der Waals surface area contributed by atoms with Crippen molar-refractivity contribution in [1.82, 2.24) is 19.9 Å². The van der Waals surface area contributed by atoms with E-state index in [1.807, 2.05) is 60.9 Å². The molecule has 0 amide bonds. The molecule has 0 spiro atoms. The molecule has 1 aromatic carbocycles. The molecule has 1 saturated heterocycles. The lowest BCUT2D eigenvalue weighted by Crippen LogP contribution is -2.29. The lowest BCUT2D eigenvalue weighted by molar-refractivity contribution is 0.563. The van der Waals surface area contributed by atoms with Crippen molar-refractivity contribution in [3.63, 3.8) is 0 Å². The maximum atomic E-state index is 6.17. The lowest BCUT2D eigenvalue weighted by atomic mass is 9.96. The summed E-state index contributed by atoms with van der Waals surface area (Å²) in [6, 6.07) is 20.0. The van der Waals surface area contributed by atoms with E-state index in [1.165, 1.54) is 22.5 Å². The van der Waals surface area contributed by atoms with Crippen molar-refractivity contribution >= 4 is 34.6 Å². The highest BCUT2D eigenvalue weighted by atomic mass is 35.5. The van der Waals surface area contributed by atoms with E-state index in [4.69, 9.17) is 23.8 Å². The van der Waals surface area contributed by atoms with Crippen LogP contribution < -0.4 is 10.2 Å². The summed E-state index contributed by atoms with van der Waals surface area (Å²) in [5.74, 6) is 0. The number of halogens is 1. The minimum Gasteiger partial charge on any atom is -0.351 e. The third-order valence-electron chi connectivity index (χ3n) is 6.20. The molecule has 0 bridgehead atoms. The second-order valence-electron chi connectivity index (χ2n) is 8.25. The van der Waals surface area contributed by atoms with Gasteiger partial charge in [0.05, 0.1) is 17.8 Å². The number of rotatable bonds is 5. The van der Waals surface area contributed by atoms with Gasteiger partial charge in [-0.2, -0.15) is 0 Å². The van der Waals surface area contributed by atoms with Crippen molar-refractivity contribution < 1.29 is 0 Å². The number of hydrogen-bond acceptors (Lipinski definition) is 3. The van der Waals surface area contributed by atoms with Crippen LogP contribution in [0.1, 0.15) is 40.3 Å². The van der Waals surface area contributed by atoms with Crippen molar-refractivity contribution in [3.05, 3.63) is 112 Å². The molecule has 33 heavy (non-hydrogen) atoms. The molecule has 2 atom stereocenters. The van der Waals surface area contributed by atoms with Gasteiger partial charge in [-0.25, -0.2) is 0 Å². The molecule has 4 heterocycles. The molecule has 1 aliphatic rings. The first kappa shape index (κ1) is 21.6. The highest BCUT2D eigenvalue weighted by Crippen LogP contribution is 2.43. The van der Waals surface area contributed by atoms with Crippen molar-refractivity contribution in [2.24, 2.45) is 0 Å². The van der Waals surface area contributed by atoms with Gasteiger partial charge in [-0.3, -0.25) is 9.97 Å². The van der Waals surface area contributed by atoms with Gasteiger partial charge in [0.25, 0.3) is 0 Å². The summed E-state index contributed by atoms with van der Waals surface area (Å²) in [5.41, 5.74) is 6.74. The fraction of sp³-hybridized carbons (Fsp3) is 0.192. The monoisotopic (exact) mass is 473 g/mol. The topological polar surface area (TPSA) is 46.0 Å². The van der Waals surface area contributed by atoms with Gasteiger partial charge in [0.1, 0.15) is 0 Å². The van der Waals surface area contributed by atoms with E-state index in [2.05, 4.69) is 50.7 Å². The molecular weight excluding hydrogens is 450 g/mol. The third kappa shape index (κ3) is 4.12. The molecule has 7 heteroatoms. The number of aromatic nitrogens is 3. The van der Waals surface area contributed by atoms with Crippen LogP contribution in [-0.2, 0) is 6.54 Å². The van der Waals surface area contributed by atoms with Crippen LogP contribution in [0.15, 0.2) is 79.3 Å². The second-order valence-corrected chi connectivity index (χ2v) is 9.07. The standard InChI is InChI=1S/C26H24ClN5S/c1-17-14-22(18(2)31(17)16-19-6-5-12-28-15-19)25-24(23-7-3-4-13-29-23)30-26(33)32(25)21-10-8-20(27)9-11-21/h3-15,24-25H,16H2,1-2H3,(H,30,33)/t24-,25+/m0/s1. The summed E-state index contributed by atoms with van der Waals surface area (Å²) in [5, 5.41) is 4.90. The molecule has 0 radical (unpaired) electrons. The van der Waals surface area contributed by atoms with E-state index >= 15 is 0 Å². The Morgan fingerprint density at radius 3 is 2.55 bits per heavy atom. The number of nitrogens with one attached hydrogen (secondary N) is 1. The van der Waals surface area contributed by atoms with Gasteiger partial charge in [-0.1, -0.05) is 23.7 Å². The maximum Gasteiger partial charge on any atom is 0.174 e. The van der Waals surface area contributed by atoms with Crippen LogP contribution in [0.25, 0.3) is 0 Å². The van der Waals surface area contributed by atoms with E-state index in [9.17, 15) is 0 Å². The zero-order chi connectivity index (χ0) is 22.9. The Morgan fingerprint density at radius 1 is 1.03 bits per heavy atom. The molecule has 1 fully saturated rings. The van der Waals surface area contributed by atoms with Crippen molar-refractivity contribution in [2.75, 3.05) is 4.90 Å². The predicted octanol–water partition coefficient (Wildman–Crippen LogP) is 5.77. The molecule has 3 aromatic heterocycles. The first-order valence-electron chi connectivity index (χ1n) is 10.8. The number of nitrogens with zero attached hydrogens (tertiary/aromatic N) is 4. The number of hydrogen-bond donors (Lipinski definition) is 1. The summed E-state index contributed by atoms with van der Waals surface area (Å²) >= 11 is 12.0. The first-order valence-corrected chi connectivity index (χ1v) is 11.6. The number of benzene rings is 1. The summed E-state index contributed by atoms with van der Waals surface area (Å²) in [7, 11) is 0. The molecule has 1 N–H and O–H groups in total. The fourth-order valence-corrected chi connectivity index (χ4v) is 5.07. The lowest BCUT2D eigenvalue weighted by Gasteiger charge is -2.28. The van der Waals surface area contributed by atoms with E-state index < -0.39 is 0 Å². The minimum absolute atomic E-state index is 0.0533. The van der Waals surface area contributed by atoms with Gasteiger partial charge in [-0.05, 0) is 85.7 Å². The Labute approximate surface area is 204 Å². The summed E-state index contributed by atoms with van der Waals surface area (Å²) in [4.78, 5) is 11.1. The number of thiocarbonyl (C=S) groups is 1. The van der Waals surface area contributed by atoms with E-state index in [0.717, 1.165) is 17.9 Å². The van der Waals surface area contributed by atoms with Gasteiger partial charge >= 0.3 is 0 Å². The highest BCUT2D eigenvalue weighted by Gasteiger charge is 2.42. The zero-order valence-electron chi connectivity index (χ0n) is 18.4. The van der Waals surface area contributed by atoms with Gasteiger partial charge < -0.3 is 14.8 Å². The Bertz CT molecular complexity index is 1270. The molecule has 166 valence electrons. The van der Waals surface area contributed by atoms with Crippen molar-refractivity contribution in [3.8, 4) is 0 Å². The Balaban J connectivity index is 1.62. The van der Waals surface area contributed by atoms with Crippen LogP contribution in [0.2, 0.25) is 5.02 Å². The zero-order valence-corrected chi connectivity index (χ0v) is 20.0. The molecule has 0 aliphatic carbocycles. The van der Waals surface area contributed by atoms with Crippen LogP contribution in [0.3, 0.4) is 0 Å². The fourth-order valence-electron chi connectivity index (χ4n) is 4.60. The maximum absolute atomic E-state index is 6.17. The van der Waals surface area contributed by atoms with Crippen LogP contribution in [0, 0.1) is 13.8 Å². The van der Waals surface area contributed by atoms with Gasteiger partial charge in [0, 0.05) is 47.2 Å². The average molecular weight is 474 g/mol. The van der Waals surface area contributed by atoms with Gasteiger partial charge in [-0.15, -0.1) is 0 Å². The smallest absolute Gasteiger partial charge is 0.174 e. The average Bonchev–Trinajstić information content (AvgIpc) is 3.32. The molecule has 4 aromatic rings. The normalized spacial score (nSPS) is 17.9. The molecule has 5 nitrogen and oxygen atoms in total. The second kappa shape index (κ2) is 8.96. The Hall–Kier alpha value is -3.22. The SMILES string of the molecule is Cc1cc([C@@H]2[C@H](c3ccccn3)NC(=S)N2c2ccc(Cl)cc2)c(C)n1Cc1cccnc1. The predicted molar refractivity (Wildman–Crippen MR) is 137 cm³/mol. The third-order valence-corrected chi connectivity index (χ3v) is 6.76. The minimum atomic E-state index is -0.0817. The number of pyridine rings is 2. The quantitative estimate of drug-likeness (QED) is 0.372. The van der Waals surface area contributed by atoms with Crippen molar-refractivity contribution in [1.29, 1.82) is 0 Å². The molecule has 1 aliphatic heterocycles. The number of aryl methyl sites for hydroxylation is 1. The summed E-state index contributed by atoms with van der Waals surface area (Å²) < 4.78 is 2.34. The molecular formula is C26H24ClN5S. The molecule has 0 unspecified atom stereocenters. The largest absolute Gasteiger partial charge is 0.351 e. The highest BCUT2D eigenvalue weighted by molar-refractivity contribution is 7.80. The van der Waals surface area contributed by atoms with Crippen LogP contribution >= 0.6 is 23.8 Å². The van der Waals surface area contributed by atoms with E-state index in [0.29, 0.717) is 10.1 Å². The van der Waals surface area contributed by atoms with Crippen LogP contribution in [0.5, 0.6) is 0 Å². The molecule has 0 saturated carbocycles.